The molecule has 4 aromatic rings. The van der Waals surface area contributed by atoms with Crippen LogP contribution in [-0.4, -0.2) is 83.0 Å². The summed E-state index contributed by atoms with van der Waals surface area (Å²) in [6.07, 6.45) is -6.52. The van der Waals surface area contributed by atoms with Crippen molar-refractivity contribution in [3.63, 3.8) is 0 Å². The molecule has 0 bridgehead atoms. The third-order valence-electron chi connectivity index (χ3n) is 7.07. The summed E-state index contributed by atoms with van der Waals surface area (Å²) in [4.78, 5) is 26.0. The third-order valence-corrected chi connectivity index (χ3v) is 7.07. The van der Waals surface area contributed by atoms with Gasteiger partial charge in [-0.1, -0.05) is 6.07 Å². The Morgan fingerprint density at radius 1 is 0.818 bits per heavy atom. The van der Waals surface area contributed by atoms with Crippen molar-refractivity contribution in [3.05, 3.63) is 76.0 Å². The highest BCUT2D eigenvalue weighted by Crippen LogP contribution is 2.45. The predicted octanol–water partition coefficient (Wildman–Crippen LogP) is 1.47. The van der Waals surface area contributed by atoms with Crippen molar-refractivity contribution in [2.24, 2.45) is 0 Å². The largest absolute Gasteiger partial charge is 0.507 e. The molecule has 1 fully saturated rings. The topological polar surface area (TPSA) is 248 Å². The van der Waals surface area contributed by atoms with E-state index in [1.165, 1.54) is 24.3 Å². The number of carbonyl (C=O) groups is 1. The Balaban J connectivity index is 1.62. The third kappa shape index (κ3) is 5.57. The van der Waals surface area contributed by atoms with E-state index in [4.69, 9.17) is 13.9 Å². The van der Waals surface area contributed by atoms with Gasteiger partial charge >= 0.3 is 5.97 Å². The van der Waals surface area contributed by atoms with Gasteiger partial charge in [-0.05, 0) is 42.0 Å². The number of hydrogen-bond donors (Lipinski definition) is 9. The predicted molar refractivity (Wildman–Crippen MR) is 150 cm³/mol. The van der Waals surface area contributed by atoms with Gasteiger partial charge in [0.2, 0.25) is 0 Å². The fourth-order valence-corrected chi connectivity index (χ4v) is 4.85. The van der Waals surface area contributed by atoms with Crippen LogP contribution in [0.1, 0.15) is 17.2 Å². The number of carbonyl (C=O) groups excluding carboxylic acids is 1. The number of phenolic OH excluding ortho intramolecular Hbond substituents is 6. The maximum absolute atomic E-state index is 13.1. The van der Waals surface area contributed by atoms with Crippen LogP contribution < -0.4 is 5.43 Å². The molecule has 1 aromatic heterocycles. The van der Waals surface area contributed by atoms with Crippen LogP contribution in [0.4, 0.5) is 0 Å². The normalized spacial score (nSPS) is 21.9. The molecule has 1 aliphatic rings. The number of aromatic hydroxyl groups is 6. The van der Waals surface area contributed by atoms with Crippen LogP contribution >= 0.6 is 0 Å². The average molecular weight is 611 g/mol. The van der Waals surface area contributed by atoms with Gasteiger partial charge in [0.05, 0.1) is 12.2 Å². The first-order valence-corrected chi connectivity index (χ1v) is 13.0. The second-order valence-electron chi connectivity index (χ2n) is 9.95. The van der Waals surface area contributed by atoms with Gasteiger partial charge < -0.3 is 59.8 Å². The van der Waals surface area contributed by atoms with Crippen molar-refractivity contribution in [3.8, 4) is 45.8 Å². The van der Waals surface area contributed by atoms with E-state index >= 15 is 0 Å². The number of rotatable bonds is 6. The molecule has 5 atom stereocenters. The summed E-state index contributed by atoms with van der Waals surface area (Å²) in [6, 6.07) is 9.03. The van der Waals surface area contributed by atoms with E-state index < -0.39 is 93.8 Å². The van der Waals surface area contributed by atoms with Crippen LogP contribution in [0.5, 0.6) is 34.5 Å². The fraction of sp³-hybridized carbons (Fsp3) is 0.200. The summed E-state index contributed by atoms with van der Waals surface area (Å²) in [5, 5.41) is 91.1. The van der Waals surface area contributed by atoms with Crippen molar-refractivity contribution in [2.75, 3.05) is 6.61 Å². The maximum atomic E-state index is 13.1. The Morgan fingerprint density at radius 3 is 2.16 bits per heavy atom. The minimum atomic E-state index is -1.91. The summed E-state index contributed by atoms with van der Waals surface area (Å²) < 4.78 is 17.1. The van der Waals surface area contributed by atoms with E-state index in [0.717, 1.165) is 36.4 Å². The van der Waals surface area contributed by atoms with Crippen LogP contribution in [0, 0.1) is 0 Å². The number of fused-ring (bicyclic) bond motifs is 1. The standard InChI is InChI=1S/C30H26O14/c31-11-22-26(40)27(41)30(44-23(39)6-2-12-1-4-14(32)16(34)7-12)29(43-22)25-19(37)9-18(36)24-20(38)10-21(42-28(24)25)13-3-5-15(33)17(35)8-13/h1-10,22,26-27,29-37,40-41H,11H2/b6-2+/t22-,26-,27+,29+,30-/m1/s1. The van der Waals surface area contributed by atoms with Crippen molar-refractivity contribution >= 4 is 23.0 Å². The molecule has 2 heterocycles. The number of esters is 1. The highest BCUT2D eigenvalue weighted by Gasteiger charge is 2.49. The van der Waals surface area contributed by atoms with E-state index in [1.54, 1.807) is 0 Å². The first kappa shape index (κ1) is 30.2. The molecule has 14 nitrogen and oxygen atoms in total. The lowest BCUT2D eigenvalue weighted by atomic mass is 9.89. The molecule has 0 aliphatic carbocycles. The maximum Gasteiger partial charge on any atom is 0.331 e. The van der Waals surface area contributed by atoms with Crippen molar-refractivity contribution in [1.29, 1.82) is 0 Å². The lowest BCUT2D eigenvalue weighted by molar-refractivity contribution is -0.239. The Hall–Kier alpha value is -5.28. The van der Waals surface area contributed by atoms with Gasteiger partial charge in [-0.15, -0.1) is 0 Å². The molecule has 0 unspecified atom stereocenters. The van der Waals surface area contributed by atoms with Crippen LogP contribution in [0.2, 0.25) is 0 Å². The molecule has 3 aromatic carbocycles. The minimum absolute atomic E-state index is 0.106. The van der Waals surface area contributed by atoms with Gasteiger partial charge in [-0.2, -0.15) is 0 Å². The number of phenols is 6. The highest BCUT2D eigenvalue weighted by molar-refractivity contribution is 5.90. The second-order valence-corrected chi connectivity index (χ2v) is 9.95. The van der Waals surface area contributed by atoms with E-state index in [0.29, 0.717) is 0 Å². The number of aliphatic hydroxyl groups excluding tert-OH is 3. The molecule has 9 N–H and O–H groups in total. The number of hydrogen-bond acceptors (Lipinski definition) is 14. The van der Waals surface area contributed by atoms with Crippen molar-refractivity contribution < 1.29 is 64.6 Å². The fourth-order valence-electron chi connectivity index (χ4n) is 4.85. The molecule has 5 rings (SSSR count). The van der Waals surface area contributed by atoms with Crippen molar-refractivity contribution in [2.45, 2.75) is 30.5 Å². The average Bonchev–Trinajstić information content (AvgIpc) is 2.98. The molecular formula is C30H26O14. The Kier molecular flexibility index (Phi) is 8.08. The summed E-state index contributed by atoms with van der Waals surface area (Å²) in [5.41, 5.74) is -1.29. The lowest BCUT2D eigenvalue weighted by Crippen LogP contribution is -2.56. The summed E-state index contributed by atoms with van der Waals surface area (Å²) in [7, 11) is 0. The van der Waals surface area contributed by atoms with E-state index in [-0.39, 0.29) is 22.6 Å². The molecule has 0 spiro atoms. The number of aliphatic hydroxyl groups is 3. The first-order valence-electron chi connectivity index (χ1n) is 13.0. The number of ether oxygens (including phenoxy) is 2. The van der Waals surface area contributed by atoms with Crippen molar-refractivity contribution in [1.82, 2.24) is 0 Å². The Morgan fingerprint density at radius 2 is 1.50 bits per heavy atom. The van der Waals surface area contributed by atoms with Crippen LogP contribution in [0.25, 0.3) is 28.4 Å². The Labute approximate surface area is 246 Å². The quantitative estimate of drug-likeness (QED) is 0.0852. The SMILES string of the molecule is O=C(/C=C/c1ccc(O)c(O)c1)O[C@@H]1[C@@H](O)[C@H](O)[C@@H](CO)O[C@H]1c1c(O)cc(O)c2c(=O)cc(-c3ccc(O)c(O)c3)oc12. The molecule has 0 radical (unpaired) electrons. The molecule has 230 valence electrons. The molecule has 0 saturated carbocycles. The number of benzene rings is 3. The zero-order valence-corrected chi connectivity index (χ0v) is 22.4. The van der Waals surface area contributed by atoms with Crippen LogP contribution in [-0.2, 0) is 14.3 Å². The second kappa shape index (κ2) is 11.8. The molecular weight excluding hydrogens is 584 g/mol. The van der Waals surface area contributed by atoms with E-state index in [1.807, 2.05) is 0 Å². The van der Waals surface area contributed by atoms with E-state index in [9.17, 15) is 55.5 Å². The monoisotopic (exact) mass is 610 g/mol. The minimum Gasteiger partial charge on any atom is -0.507 e. The summed E-state index contributed by atoms with van der Waals surface area (Å²) >= 11 is 0. The zero-order valence-electron chi connectivity index (χ0n) is 22.4. The lowest BCUT2D eigenvalue weighted by Gasteiger charge is -2.41. The highest BCUT2D eigenvalue weighted by atomic mass is 16.6. The van der Waals surface area contributed by atoms with Gasteiger partial charge in [-0.3, -0.25) is 4.79 Å². The molecule has 1 aliphatic heterocycles. The Bertz CT molecular complexity index is 1830. The molecule has 0 amide bonds. The van der Waals surface area contributed by atoms with Gasteiger partial charge in [0.1, 0.15) is 47.1 Å². The van der Waals surface area contributed by atoms with Crippen LogP contribution in [0.3, 0.4) is 0 Å². The van der Waals surface area contributed by atoms with Gasteiger partial charge in [0.15, 0.2) is 40.1 Å². The molecule has 44 heavy (non-hydrogen) atoms. The van der Waals surface area contributed by atoms with E-state index in [2.05, 4.69) is 0 Å². The van der Waals surface area contributed by atoms with Gasteiger partial charge in [0.25, 0.3) is 0 Å². The smallest absolute Gasteiger partial charge is 0.331 e. The summed E-state index contributed by atoms with van der Waals surface area (Å²) in [6.45, 7) is -0.821. The molecule has 14 heteroatoms. The van der Waals surface area contributed by atoms with Gasteiger partial charge in [-0.25, -0.2) is 4.79 Å². The zero-order chi connectivity index (χ0) is 31.9. The molecule has 1 saturated heterocycles. The first-order chi connectivity index (χ1) is 20.9. The summed E-state index contributed by atoms with van der Waals surface area (Å²) in [5.74, 6) is -4.53. The van der Waals surface area contributed by atoms with Gasteiger partial charge in [0, 0.05) is 23.8 Å². The van der Waals surface area contributed by atoms with Crippen LogP contribution in [0.15, 0.2) is 63.8 Å².